The van der Waals surface area contributed by atoms with Crippen molar-refractivity contribution in [2.24, 2.45) is 11.7 Å². The summed E-state index contributed by atoms with van der Waals surface area (Å²) in [6.07, 6.45) is 2.30. The van der Waals surface area contributed by atoms with E-state index >= 15 is 0 Å². The first-order chi connectivity index (χ1) is 7.95. The third-order valence-corrected chi connectivity index (χ3v) is 2.72. The number of nitrogens with one attached hydrogen (secondary N) is 1. The highest BCUT2D eigenvalue weighted by Crippen LogP contribution is 2.20. The van der Waals surface area contributed by atoms with Crippen molar-refractivity contribution in [3.63, 3.8) is 0 Å². The van der Waals surface area contributed by atoms with Gasteiger partial charge >= 0.3 is 0 Å². The molecule has 0 radical (unpaired) electrons. The van der Waals surface area contributed by atoms with E-state index in [1.807, 2.05) is 20.8 Å². The van der Waals surface area contributed by atoms with E-state index in [0.29, 0.717) is 5.89 Å². The van der Waals surface area contributed by atoms with Crippen LogP contribution in [0.1, 0.15) is 56.5 Å². The molecule has 5 nitrogen and oxygen atoms in total. The van der Waals surface area contributed by atoms with Crippen molar-refractivity contribution in [1.29, 1.82) is 0 Å². The molecular weight excluding hydrogens is 218 g/mol. The normalized spacial score (nSPS) is 14.7. The van der Waals surface area contributed by atoms with E-state index in [2.05, 4.69) is 17.2 Å². The molecule has 0 saturated heterocycles. The number of nitrogens with two attached hydrogens (primary N) is 1. The minimum absolute atomic E-state index is 0.0749. The Morgan fingerprint density at radius 1 is 1.53 bits per heavy atom. The Morgan fingerprint density at radius 2 is 2.18 bits per heavy atom. The van der Waals surface area contributed by atoms with Gasteiger partial charge in [-0.1, -0.05) is 20.3 Å². The Balaban J connectivity index is 2.74. The summed E-state index contributed by atoms with van der Waals surface area (Å²) in [6.45, 7) is 7.87. The van der Waals surface area contributed by atoms with Gasteiger partial charge in [-0.05, 0) is 19.8 Å². The van der Waals surface area contributed by atoms with Crippen LogP contribution in [0.2, 0.25) is 0 Å². The number of oxazole rings is 1. The number of carbonyl (C=O) groups is 1. The highest BCUT2D eigenvalue weighted by molar-refractivity contribution is 5.92. The second-order valence-corrected chi connectivity index (χ2v) is 4.61. The van der Waals surface area contributed by atoms with E-state index in [9.17, 15) is 4.79 Å². The molecule has 2 atom stereocenters. The summed E-state index contributed by atoms with van der Waals surface area (Å²) >= 11 is 0. The third-order valence-electron chi connectivity index (χ3n) is 2.72. The lowest BCUT2D eigenvalue weighted by Gasteiger charge is -2.13. The van der Waals surface area contributed by atoms with Crippen molar-refractivity contribution in [2.45, 2.75) is 46.2 Å². The Hall–Kier alpha value is -1.36. The Morgan fingerprint density at radius 3 is 2.71 bits per heavy atom. The molecule has 3 N–H and O–H groups in total. The molecule has 0 fully saturated rings. The minimum atomic E-state index is -0.263. The predicted molar refractivity (Wildman–Crippen MR) is 65.5 cm³/mol. The zero-order valence-electron chi connectivity index (χ0n) is 10.9. The number of carbonyl (C=O) groups excluding carboxylic acids is 1. The fraction of sp³-hybridized carbons (Fsp3) is 0.667. The Labute approximate surface area is 102 Å². The molecule has 0 saturated carbocycles. The topological polar surface area (TPSA) is 81.1 Å². The van der Waals surface area contributed by atoms with Crippen LogP contribution in [0, 0.1) is 5.92 Å². The van der Waals surface area contributed by atoms with Crippen LogP contribution in [0.3, 0.4) is 0 Å². The van der Waals surface area contributed by atoms with Crippen molar-refractivity contribution in [3.05, 3.63) is 17.8 Å². The average molecular weight is 239 g/mol. The van der Waals surface area contributed by atoms with Gasteiger partial charge in [0.2, 0.25) is 5.89 Å². The molecule has 1 rings (SSSR count). The van der Waals surface area contributed by atoms with Gasteiger partial charge in [-0.2, -0.15) is 0 Å². The average Bonchev–Trinajstić information content (AvgIpc) is 2.75. The van der Waals surface area contributed by atoms with Crippen LogP contribution >= 0.6 is 0 Å². The molecule has 96 valence electrons. The lowest BCUT2D eigenvalue weighted by molar-refractivity contribution is 0.0938. The van der Waals surface area contributed by atoms with Gasteiger partial charge in [0.05, 0.1) is 6.04 Å². The zero-order chi connectivity index (χ0) is 13.0. The number of hydrogen-bond donors (Lipinski definition) is 2. The molecule has 5 heteroatoms. The smallest absolute Gasteiger partial charge is 0.273 e. The van der Waals surface area contributed by atoms with Crippen molar-refractivity contribution >= 4 is 5.91 Å². The van der Waals surface area contributed by atoms with Gasteiger partial charge in [-0.25, -0.2) is 4.98 Å². The monoisotopic (exact) mass is 239 g/mol. The number of hydrogen-bond acceptors (Lipinski definition) is 4. The fourth-order valence-corrected chi connectivity index (χ4v) is 1.38. The molecule has 0 aliphatic heterocycles. The van der Waals surface area contributed by atoms with Crippen molar-refractivity contribution in [3.8, 4) is 0 Å². The van der Waals surface area contributed by atoms with E-state index in [1.165, 1.54) is 6.26 Å². The molecule has 1 aromatic heterocycles. The number of nitrogens with zero attached hydrogens (tertiary/aromatic N) is 1. The molecular formula is C12H21N3O2. The van der Waals surface area contributed by atoms with E-state index in [1.54, 1.807) is 0 Å². The third kappa shape index (κ3) is 3.56. The summed E-state index contributed by atoms with van der Waals surface area (Å²) in [5.74, 6) is 0.467. The van der Waals surface area contributed by atoms with Crippen LogP contribution in [0.15, 0.2) is 10.7 Å². The predicted octanol–water partition coefficient (Wildman–Crippen LogP) is 1.86. The molecule has 0 bridgehead atoms. The maximum absolute atomic E-state index is 11.7. The van der Waals surface area contributed by atoms with Crippen molar-refractivity contribution in [1.82, 2.24) is 10.3 Å². The summed E-state index contributed by atoms with van der Waals surface area (Å²) in [7, 11) is 0. The van der Waals surface area contributed by atoms with Crippen LogP contribution in [0.5, 0.6) is 0 Å². The summed E-state index contributed by atoms with van der Waals surface area (Å²) in [5, 5.41) is 2.75. The molecule has 0 aliphatic carbocycles. The van der Waals surface area contributed by atoms with Crippen LogP contribution in [-0.2, 0) is 0 Å². The molecule has 1 heterocycles. The molecule has 2 unspecified atom stereocenters. The number of aromatic nitrogens is 1. The van der Waals surface area contributed by atoms with Gasteiger partial charge < -0.3 is 15.5 Å². The first kappa shape index (κ1) is 13.7. The number of amides is 1. The molecule has 0 aliphatic rings. The summed E-state index contributed by atoms with van der Waals surface area (Å²) in [4.78, 5) is 15.8. The lowest BCUT2D eigenvalue weighted by atomic mass is 10.0. The van der Waals surface area contributed by atoms with Gasteiger partial charge in [0.1, 0.15) is 6.26 Å². The molecule has 1 aromatic rings. The maximum Gasteiger partial charge on any atom is 0.273 e. The second kappa shape index (κ2) is 5.82. The van der Waals surface area contributed by atoms with Crippen LogP contribution in [0.25, 0.3) is 0 Å². The SMILES string of the molecule is CCC(C)C(N)c1nc(C(=O)NC(C)C)co1. The molecule has 17 heavy (non-hydrogen) atoms. The Kier molecular flexibility index (Phi) is 4.69. The van der Waals surface area contributed by atoms with Crippen LogP contribution in [-0.4, -0.2) is 16.9 Å². The minimum Gasteiger partial charge on any atom is -0.446 e. The zero-order valence-corrected chi connectivity index (χ0v) is 10.9. The lowest BCUT2D eigenvalue weighted by Crippen LogP contribution is -2.30. The largest absolute Gasteiger partial charge is 0.446 e. The van der Waals surface area contributed by atoms with Crippen LogP contribution in [0.4, 0.5) is 0 Å². The van der Waals surface area contributed by atoms with Crippen molar-refractivity contribution in [2.75, 3.05) is 0 Å². The van der Waals surface area contributed by atoms with E-state index in [0.717, 1.165) is 6.42 Å². The second-order valence-electron chi connectivity index (χ2n) is 4.61. The molecule has 1 amide bonds. The first-order valence-electron chi connectivity index (χ1n) is 5.97. The van der Waals surface area contributed by atoms with E-state index in [-0.39, 0.29) is 29.6 Å². The highest BCUT2D eigenvalue weighted by atomic mass is 16.3. The fourth-order valence-electron chi connectivity index (χ4n) is 1.38. The molecule has 0 aromatic carbocycles. The summed E-state index contributed by atoms with van der Waals surface area (Å²) in [6, 6.07) is -0.188. The molecule has 0 spiro atoms. The van der Waals surface area contributed by atoms with Gasteiger partial charge in [-0.3, -0.25) is 4.79 Å². The van der Waals surface area contributed by atoms with E-state index < -0.39 is 0 Å². The quantitative estimate of drug-likeness (QED) is 0.821. The Bertz CT molecular complexity index is 374. The summed E-state index contributed by atoms with van der Waals surface area (Å²) < 4.78 is 5.26. The van der Waals surface area contributed by atoms with Crippen LogP contribution < -0.4 is 11.1 Å². The standard InChI is InChI=1S/C12H21N3O2/c1-5-8(4)10(13)12-15-9(6-17-12)11(16)14-7(2)3/h6-8,10H,5,13H2,1-4H3,(H,14,16). The van der Waals surface area contributed by atoms with Gasteiger partial charge in [0.25, 0.3) is 5.91 Å². The van der Waals surface area contributed by atoms with Gasteiger partial charge in [0, 0.05) is 6.04 Å². The van der Waals surface area contributed by atoms with Gasteiger partial charge in [0.15, 0.2) is 5.69 Å². The van der Waals surface area contributed by atoms with E-state index in [4.69, 9.17) is 10.2 Å². The van der Waals surface area contributed by atoms with Gasteiger partial charge in [-0.15, -0.1) is 0 Å². The van der Waals surface area contributed by atoms with Crippen molar-refractivity contribution < 1.29 is 9.21 Å². The maximum atomic E-state index is 11.7. The number of rotatable bonds is 5. The summed E-state index contributed by atoms with van der Waals surface area (Å²) in [5.41, 5.74) is 6.26. The highest BCUT2D eigenvalue weighted by Gasteiger charge is 2.20. The first-order valence-corrected chi connectivity index (χ1v) is 5.97.